The fourth-order valence-corrected chi connectivity index (χ4v) is 7.28. The molecule has 20 heavy (non-hydrogen) atoms. The molecule has 0 aromatic heterocycles. The molecule has 2 aliphatic rings. The third-order valence-corrected chi connectivity index (χ3v) is 12.2. The van der Waals surface area contributed by atoms with Gasteiger partial charge in [0.1, 0.15) is 6.10 Å². The molecular weight excluding hydrogens is 260 g/mol. The number of hydrogen-bond donors (Lipinski definition) is 0. The van der Waals surface area contributed by atoms with Crippen LogP contribution in [0, 0.1) is 11.8 Å². The fraction of sp³-hybridized carbons (Fsp3) is 0.889. The van der Waals surface area contributed by atoms with Crippen LogP contribution in [0.2, 0.25) is 18.1 Å². The Labute approximate surface area is 127 Å². The number of allylic oxidation sites excluding steroid dienone is 1. The third-order valence-electron chi connectivity index (χ3n) is 6.30. The molecule has 0 unspecified atom stereocenters. The zero-order chi connectivity index (χ0) is 15.1. The van der Waals surface area contributed by atoms with Crippen LogP contribution >= 0.6 is 0 Å². The van der Waals surface area contributed by atoms with Gasteiger partial charge in [0.2, 0.25) is 0 Å². The van der Waals surface area contributed by atoms with E-state index in [1.54, 1.807) is 5.20 Å². The van der Waals surface area contributed by atoms with Crippen LogP contribution in [-0.4, -0.2) is 14.2 Å². The van der Waals surface area contributed by atoms with Crippen LogP contribution in [0.4, 0.5) is 0 Å². The van der Waals surface area contributed by atoms with Crippen molar-refractivity contribution in [3.8, 4) is 0 Å². The Hall–Kier alpha value is -0.243. The smallest absolute Gasteiger partial charge is 0.107 e. The molecule has 1 saturated carbocycles. The molecule has 0 aromatic rings. The molecule has 1 nitrogen and oxygen atoms in total. The largest absolute Gasteiger partial charge is 0.495 e. The van der Waals surface area contributed by atoms with Crippen molar-refractivity contribution in [2.75, 3.05) is 0 Å². The summed E-state index contributed by atoms with van der Waals surface area (Å²) in [5.74, 6) is 2.72. The molecule has 0 radical (unpaired) electrons. The van der Waals surface area contributed by atoms with Crippen molar-refractivity contribution < 1.29 is 4.74 Å². The molecule has 0 amide bonds. The van der Waals surface area contributed by atoms with Crippen molar-refractivity contribution in [1.29, 1.82) is 0 Å². The Kier molecular flexibility index (Phi) is 4.45. The van der Waals surface area contributed by atoms with Crippen molar-refractivity contribution in [3.63, 3.8) is 0 Å². The SMILES string of the molecule is CC1=C([Si](C)(C)C(C)(C)C)[C@H](C)[C@@H](C2CCCCC2)O1. The molecule has 1 heterocycles. The molecule has 2 atom stereocenters. The molecule has 0 aromatic carbocycles. The monoisotopic (exact) mass is 294 g/mol. The third kappa shape index (κ3) is 2.73. The Morgan fingerprint density at radius 2 is 1.60 bits per heavy atom. The maximum absolute atomic E-state index is 6.42. The molecule has 1 fully saturated rings. The summed E-state index contributed by atoms with van der Waals surface area (Å²) in [7, 11) is -1.45. The zero-order valence-corrected chi connectivity index (χ0v) is 15.7. The maximum atomic E-state index is 6.42. The van der Waals surface area contributed by atoms with E-state index >= 15 is 0 Å². The van der Waals surface area contributed by atoms with Gasteiger partial charge in [-0.15, -0.1) is 0 Å². The van der Waals surface area contributed by atoms with Gasteiger partial charge in [-0.2, -0.15) is 0 Å². The Morgan fingerprint density at radius 3 is 2.10 bits per heavy atom. The van der Waals surface area contributed by atoms with Crippen LogP contribution in [0.25, 0.3) is 0 Å². The summed E-state index contributed by atoms with van der Waals surface area (Å²) in [6.45, 7) is 17.0. The van der Waals surface area contributed by atoms with Crippen LogP contribution in [-0.2, 0) is 4.74 Å². The summed E-state index contributed by atoms with van der Waals surface area (Å²) >= 11 is 0. The van der Waals surface area contributed by atoms with Crippen molar-refractivity contribution >= 4 is 8.07 Å². The van der Waals surface area contributed by atoms with E-state index in [1.807, 2.05) is 0 Å². The van der Waals surface area contributed by atoms with Gasteiger partial charge in [-0.1, -0.05) is 60.1 Å². The van der Waals surface area contributed by atoms with Crippen LogP contribution in [0.1, 0.15) is 66.7 Å². The highest BCUT2D eigenvalue weighted by atomic mass is 28.3. The molecule has 2 heteroatoms. The van der Waals surface area contributed by atoms with Gasteiger partial charge in [-0.3, -0.25) is 0 Å². The molecule has 1 aliphatic carbocycles. The summed E-state index contributed by atoms with van der Waals surface area (Å²) in [5.41, 5.74) is 0. The predicted octanol–water partition coefficient (Wildman–Crippen LogP) is 5.92. The van der Waals surface area contributed by atoms with Gasteiger partial charge in [0.05, 0.1) is 13.8 Å². The van der Waals surface area contributed by atoms with E-state index in [2.05, 4.69) is 47.7 Å². The van der Waals surface area contributed by atoms with E-state index in [0.29, 0.717) is 17.1 Å². The Bertz CT molecular complexity index is 383. The molecule has 0 bridgehead atoms. The van der Waals surface area contributed by atoms with E-state index in [1.165, 1.54) is 37.9 Å². The quantitative estimate of drug-likeness (QED) is 0.574. The minimum atomic E-state index is -1.45. The van der Waals surface area contributed by atoms with E-state index in [4.69, 9.17) is 4.74 Å². The number of hydrogen-bond acceptors (Lipinski definition) is 1. The van der Waals surface area contributed by atoms with Gasteiger partial charge < -0.3 is 4.74 Å². The lowest BCUT2D eigenvalue weighted by atomic mass is 9.81. The summed E-state index contributed by atoms with van der Waals surface area (Å²) in [6, 6.07) is 0. The molecule has 0 N–H and O–H groups in total. The fourth-order valence-electron chi connectivity index (χ4n) is 4.23. The first kappa shape index (κ1) is 16.1. The van der Waals surface area contributed by atoms with E-state index in [-0.39, 0.29) is 0 Å². The van der Waals surface area contributed by atoms with Crippen molar-refractivity contribution in [2.24, 2.45) is 11.8 Å². The summed E-state index contributed by atoms with van der Waals surface area (Å²) in [6.07, 6.45) is 7.48. The molecule has 116 valence electrons. The molecular formula is C18H34OSi. The van der Waals surface area contributed by atoms with Crippen molar-refractivity contribution in [1.82, 2.24) is 0 Å². The van der Waals surface area contributed by atoms with Gasteiger partial charge in [0.15, 0.2) is 0 Å². The molecule has 0 saturated heterocycles. The van der Waals surface area contributed by atoms with Gasteiger partial charge >= 0.3 is 0 Å². The van der Waals surface area contributed by atoms with E-state index in [9.17, 15) is 0 Å². The minimum absolute atomic E-state index is 0.405. The van der Waals surface area contributed by atoms with Crippen LogP contribution in [0.15, 0.2) is 11.0 Å². The van der Waals surface area contributed by atoms with Gasteiger partial charge in [-0.25, -0.2) is 0 Å². The van der Waals surface area contributed by atoms with Crippen LogP contribution in [0.5, 0.6) is 0 Å². The van der Waals surface area contributed by atoms with Gasteiger partial charge in [-0.05, 0) is 35.9 Å². The summed E-state index contributed by atoms with van der Waals surface area (Å²) in [5, 5.41) is 2.11. The average molecular weight is 295 g/mol. The topological polar surface area (TPSA) is 9.23 Å². The Balaban J connectivity index is 2.21. The second kappa shape index (κ2) is 5.51. The summed E-state index contributed by atoms with van der Waals surface area (Å²) < 4.78 is 6.42. The maximum Gasteiger partial charge on any atom is 0.107 e. The lowest BCUT2D eigenvalue weighted by Gasteiger charge is -2.40. The lowest BCUT2D eigenvalue weighted by Crippen LogP contribution is -2.43. The lowest BCUT2D eigenvalue weighted by molar-refractivity contribution is 0.0462. The van der Waals surface area contributed by atoms with Crippen molar-refractivity contribution in [3.05, 3.63) is 11.0 Å². The highest BCUT2D eigenvalue weighted by molar-refractivity contribution is 6.87. The van der Waals surface area contributed by atoms with E-state index < -0.39 is 8.07 Å². The van der Waals surface area contributed by atoms with Gasteiger partial charge in [0, 0.05) is 5.92 Å². The number of rotatable bonds is 2. The van der Waals surface area contributed by atoms with Crippen LogP contribution < -0.4 is 0 Å². The highest BCUT2D eigenvalue weighted by Crippen LogP contribution is 2.50. The first-order chi connectivity index (χ1) is 9.16. The van der Waals surface area contributed by atoms with Gasteiger partial charge in [0.25, 0.3) is 0 Å². The number of ether oxygens (including phenoxy) is 1. The zero-order valence-electron chi connectivity index (χ0n) is 14.7. The second-order valence-electron chi connectivity index (χ2n) is 8.61. The summed E-state index contributed by atoms with van der Waals surface area (Å²) in [4.78, 5) is 0. The predicted molar refractivity (Wildman–Crippen MR) is 90.5 cm³/mol. The second-order valence-corrected chi connectivity index (χ2v) is 13.9. The van der Waals surface area contributed by atoms with Crippen molar-refractivity contribution in [2.45, 2.75) is 91.0 Å². The van der Waals surface area contributed by atoms with E-state index in [0.717, 1.165) is 5.92 Å². The highest BCUT2D eigenvalue weighted by Gasteiger charge is 2.48. The molecule has 2 rings (SSSR count). The molecule has 1 aliphatic heterocycles. The molecule has 0 spiro atoms. The normalized spacial score (nSPS) is 29.8. The Morgan fingerprint density at radius 1 is 1.05 bits per heavy atom. The van der Waals surface area contributed by atoms with Crippen LogP contribution in [0.3, 0.4) is 0 Å². The first-order valence-corrected chi connectivity index (χ1v) is 11.5. The standard InChI is InChI=1S/C18H34OSi/c1-13-16(15-11-9-8-10-12-15)19-14(2)17(13)20(6,7)18(3,4)5/h13,15-16H,8-12H2,1-7H3/t13-,16+/m1/s1. The first-order valence-electron chi connectivity index (χ1n) is 8.54. The minimum Gasteiger partial charge on any atom is -0.495 e. The average Bonchev–Trinajstić information content (AvgIpc) is 2.65.